The van der Waals surface area contributed by atoms with Gasteiger partial charge in [-0.05, 0) is 13.0 Å². The van der Waals surface area contributed by atoms with Crippen molar-refractivity contribution >= 4 is 11.9 Å². The van der Waals surface area contributed by atoms with Crippen LogP contribution < -0.4 is 0 Å². The Hall–Kier alpha value is -1.91. The third-order valence-electron chi connectivity index (χ3n) is 1.18. The van der Waals surface area contributed by atoms with Crippen molar-refractivity contribution in [1.29, 1.82) is 0 Å². The summed E-state index contributed by atoms with van der Waals surface area (Å²) in [4.78, 5) is 4.04. The summed E-state index contributed by atoms with van der Waals surface area (Å²) in [7, 11) is 0. The van der Waals surface area contributed by atoms with Crippen LogP contribution in [0.4, 0.5) is 0 Å². The molecular formula is C10H15N5. The number of hydrogen-bond donors (Lipinski definition) is 0. The zero-order chi connectivity index (χ0) is 11.5. The van der Waals surface area contributed by atoms with Crippen LogP contribution in [0.15, 0.2) is 30.1 Å². The van der Waals surface area contributed by atoms with Gasteiger partial charge >= 0.3 is 0 Å². The van der Waals surface area contributed by atoms with Crippen LogP contribution in [0, 0.1) is 0 Å². The van der Waals surface area contributed by atoms with E-state index in [0.717, 1.165) is 0 Å². The van der Waals surface area contributed by atoms with Gasteiger partial charge in [0.05, 0.1) is 0 Å². The summed E-state index contributed by atoms with van der Waals surface area (Å²) < 4.78 is 0. The first kappa shape index (κ1) is 13.1. The molecule has 0 radical (unpaired) electrons. The summed E-state index contributed by atoms with van der Waals surface area (Å²) in [6.45, 7) is 9.37. The minimum atomic E-state index is 0.389. The molecule has 15 heavy (non-hydrogen) atoms. The minimum Gasteiger partial charge on any atom is -0.257 e. The highest BCUT2D eigenvalue weighted by Gasteiger charge is 2.00. The fourth-order valence-electron chi connectivity index (χ4n) is 0.733. The lowest BCUT2D eigenvalue weighted by atomic mass is 10.4. The second kappa shape index (κ2) is 8.68. The molecule has 0 saturated carbocycles. The van der Waals surface area contributed by atoms with Crippen molar-refractivity contribution in [1.82, 2.24) is 20.4 Å². The maximum absolute atomic E-state index is 4.04. The molecule has 5 heteroatoms. The lowest BCUT2D eigenvalue weighted by Gasteiger charge is -1.94. The average molecular weight is 205 g/mol. The van der Waals surface area contributed by atoms with E-state index in [4.69, 9.17) is 0 Å². The van der Waals surface area contributed by atoms with Crippen molar-refractivity contribution < 1.29 is 0 Å². The van der Waals surface area contributed by atoms with Gasteiger partial charge in [-0.1, -0.05) is 26.5 Å². The molecule has 1 rings (SSSR count). The van der Waals surface area contributed by atoms with E-state index in [9.17, 15) is 0 Å². The van der Waals surface area contributed by atoms with Crippen LogP contribution in [0.1, 0.15) is 26.6 Å². The number of nitrogens with zero attached hydrogens (tertiary/aromatic N) is 5. The minimum absolute atomic E-state index is 0.389. The van der Waals surface area contributed by atoms with Crippen molar-refractivity contribution in [3.05, 3.63) is 30.9 Å². The molecule has 0 N–H and O–H groups in total. The van der Waals surface area contributed by atoms with Gasteiger partial charge in [0.1, 0.15) is 5.70 Å². The van der Waals surface area contributed by atoms with Crippen LogP contribution in [0.3, 0.4) is 0 Å². The van der Waals surface area contributed by atoms with Gasteiger partial charge in [0.15, 0.2) is 6.33 Å². The molecule has 1 aromatic heterocycles. The first-order chi connectivity index (χ1) is 7.38. The zero-order valence-electron chi connectivity index (χ0n) is 9.25. The third-order valence-corrected chi connectivity index (χ3v) is 1.18. The van der Waals surface area contributed by atoms with Crippen molar-refractivity contribution in [3.63, 3.8) is 0 Å². The summed E-state index contributed by atoms with van der Waals surface area (Å²) in [6, 6.07) is 0. The standard InChI is InChI=1S/C8H9N5.C2H6/c1-3-5-7(9-4-2)8-12-10-6-11-13-8;1-2/h3-6H,1H2,2H3;1-2H3/b7-5-,9-4?;. The quantitative estimate of drug-likeness (QED) is 0.558. The second-order valence-corrected chi connectivity index (χ2v) is 2.04. The zero-order valence-corrected chi connectivity index (χ0v) is 9.25. The number of allylic oxidation sites excluding steroid dienone is 2. The van der Waals surface area contributed by atoms with Gasteiger partial charge in [-0.15, -0.1) is 20.4 Å². The maximum Gasteiger partial charge on any atom is 0.221 e. The number of aliphatic imine (C=N–C) groups is 1. The molecule has 0 unspecified atom stereocenters. The Labute approximate surface area is 89.7 Å². The van der Waals surface area contributed by atoms with E-state index in [1.165, 1.54) is 6.33 Å². The Balaban J connectivity index is 0.000000921. The summed E-state index contributed by atoms with van der Waals surface area (Å²) in [5.41, 5.74) is 0.595. The summed E-state index contributed by atoms with van der Waals surface area (Å²) in [5, 5.41) is 14.7. The first-order valence-electron chi connectivity index (χ1n) is 4.70. The lowest BCUT2D eigenvalue weighted by molar-refractivity contribution is 0.831. The molecule has 0 bridgehead atoms. The molecule has 1 heterocycles. The van der Waals surface area contributed by atoms with E-state index in [-0.39, 0.29) is 0 Å². The molecule has 0 atom stereocenters. The fraction of sp³-hybridized carbons (Fsp3) is 0.300. The molecule has 0 aromatic carbocycles. The fourth-order valence-corrected chi connectivity index (χ4v) is 0.733. The highest BCUT2D eigenvalue weighted by Crippen LogP contribution is 2.07. The second-order valence-electron chi connectivity index (χ2n) is 2.04. The third kappa shape index (κ3) is 4.75. The Bertz CT molecular complexity index is 329. The van der Waals surface area contributed by atoms with Crippen molar-refractivity contribution in [2.75, 3.05) is 0 Å². The molecule has 5 nitrogen and oxygen atoms in total. The van der Waals surface area contributed by atoms with Crippen LogP contribution in [0.5, 0.6) is 0 Å². The SMILES string of the molecule is C=C/C=C(\N=CC)c1nncnn1.CC. The van der Waals surface area contributed by atoms with Crippen molar-refractivity contribution in [2.45, 2.75) is 20.8 Å². The van der Waals surface area contributed by atoms with Crippen LogP contribution >= 0.6 is 0 Å². The summed E-state index contributed by atoms with van der Waals surface area (Å²) in [6.07, 6.45) is 6.22. The van der Waals surface area contributed by atoms with Gasteiger partial charge in [0.2, 0.25) is 5.82 Å². The van der Waals surface area contributed by atoms with E-state index in [1.54, 1.807) is 25.3 Å². The highest BCUT2D eigenvalue weighted by molar-refractivity contribution is 5.70. The van der Waals surface area contributed by atoms with Crippen LogP contribution in [-0.2, 0) is 0 Å². The molecule has 0 spiro atoms. The van der Waals surface area contributed by atoms with Crippen molar-refractivity contribution in [3.8, 4) is 0 Å². The van der Waals surface area contributed by atoms with E-state index in [2.05, 4.69) is 32.0 Å². The molecule has 0 saturated heterocycles. The molecule has 0 aliphatic heterocycles. The maximum atomic E-state index is 4.04. The van der Waals surface area contributed by atoms with E-state index in [0.29, 0.717) is 11.5 Å². The lowest BCUT2D eigenvalue weighted by Crippen LogP contribution is -1.96. The van der Waals surface area contributed by atoms with Gasteiger partial charge in [0, 0.05) is 6.21 Å². The van der Waals surface area contributed by atoms with Gasteiger partial charge in [-0.25, -0.2) is 0 Å². The van der Waals surface area contributed by atoms with E-state index >= 15 is 0 Å². The molecule has 0 fully saturated rings. The Kier molecular flexibility index (Phi) is 7.57. The Morgan fingerprint density at radius 3 is 2.40 bits per heavy atom. The van der Waals surface area contributed by atoms with Crippen LogP contribution in [0.25, 0.3) is 5.70 Å². The normalized spacial score (nSPS) is 10.7. The van der Waals surface area contributed by atoms with Crippen LogP contribution in [0.2, 0.25) is 0 Å². The molecule has 0 amide bonds. The van der Waals surface area contributed by atoms with Gasteiger partial charge < -0.3 is 0 Å². The Morgan fingerprint density at radius 2 is 1.93 bits per heavy atom. The number of rotatable bonds is 3. The predicted molar refractivity (Wildman–Crippen MR) is 61.3 cm³/mol. The largest absolute Gasteiger partial charge is 0.257 e. The summed E-state index contributed by atoms with van der Waals surface area (Å²) >= 11 is 0. The number of hydrogen-bond acceptors (Lipinski definition) is 5. The van der Waals surface area contributed by atoms with Gasteiger partial charge in [-0.3, -0.25) is 4.99 Å². The Morgan fingerprint density at radius 1 is 1.33 bits per heavy atom. The van der Waals surface area contributed by atoms with Gasteiger partial charge in [0.25, 0.3) is 0 Å². The highest BCUT2D eigenvalue weighted by atomic mass is 15.3. The molecular weight excluding hydrogens is 190 g/mol. The average Bonchev–Trinajstić information content (AvgIpc) is 2.33. The molecule has 0 aliphatic rings. The van der Waals surface area contributed by atoms with E-state index in [1.807, 2.05) is 13.8 Å². The molecule has 1 aromatic rings. The topological polar surface area (TPSA) is 63.9 Å². The smallest absolute Gasteiger partial charge is 0.221 e. The van der Waals surface area contributed by atoms with E-state index < -0.39 is 0 Å². The van der Waals surface area contributed by atoms with Crippen molar-refractivity contribution in [2.24, 2.45) is 4.99 Å². The summed E-state index contributed by atoms with van der Waals surface area (Å²) in [5.74, 6) is 0.389. The van der Waals surface area contributed by atoms with Crippen LogP contribution in [-0.4, -0.2) is 26.6 Å². The van der Waals surface area contributed by atoms with Gasteiger partial charge in [-0.2, -0.15) is 0 Å². The number of aromatic nitrogens is 4. The molecule has 80 valence electrons. The monoisotopic (exact) mass is 205 g/mol. The molecule has 0 aliphatic carbocycles. The predicted octanol–water partition coefficient (Wildman–Crippen LogP) is 1.91. The first-order valence-corrected chi connectivity index (χ1v) is 4.70.